The second kappa shape index (κ2) is 6.70. The zero-order valence-corrected chi connectivity index (χ0v) is 12.7. The fourth-order valence-corrected chi connectivity index (χ4v) is 1.92. The number of aromatic nitrogens is 2. The molecule has 5 nitrogen and oxygen atoms in total. The fraction of sp³-hybridized carbons (Fsp3) is 0.714. The van der Waals surface area contributed by atoms with E-state index in [1.165, 1.54) is 0 Å². The van der Waals surface area contributed by atoms with E-state index in [1.807, 2.05) is 17.7 Å². The number of carbonyl (C=O) groups is 1. The van der Waals surface area contributed by atoms with Crippen LogP contribution in [0.5, 0.6) is 0 Å². The van der Waals surface area contributed by atoms with Crippen molar-refractivity contribution in [1.29, 1.82) is 0 Å². The van der Waals surface area contributed by atoms with E-state index >= 15 is 0 Å². The van der Waals surface area contributed by atoms with Crippen molar-refractivity contribution in [1.82, 2.24) is 20.4 Å². The molecule has 0 unspecified atom stereocenters. The molecule has 0 bridgehead atoms. The maximum atomic E-state index is 12.0. The lowest BCUT2D eigenvalue weighted by Gasteiger charge is -2.21. The van der Waals surface area contributed by atoms with Crippen LogP contribution in [0.2, 0.25) is 0 Å². The van der Waals surface area contributed by atoms with Crippen LogP contribution in [0.25, 0.3) is 0 Å². The molecule has 0 aliphatic rings. The zero-order valence-electron chi connectivity index (χ0n) is 12.7. The van der Waals surface area contributed by atoms with E-state index < -0.39 is 0 Å². The van der Waals surface area contributed by atoms with E-state index in [9.17, 15) is 4.79 Å². The molecule has 1 aromatic heterocycles. The van der Waals surface area contributed by atoms with Crippen molar-refractivity contribution >= 4 is 5.91 Å². The molecule has 0 aliphatic heterocycles. The molecule has 1 heterocycles. The van der Waals surface area contributed by atoms with Gasteiger partial charge in [0.2, 0.25) is 0 Å². The van der Waals surface area contributed by atoms with Crippen LogP contribution in [0.4, 0.5) is 0 Å². The first-order valence-electron chi connectivity index (χ1n) is 6.92. The normalized spacial score (nSPS) is 11.6. The van der Waals surface area contributed by atoms with Crippen molar-refractivity contribution in [2.45, 2.75) is 46.6 Å². The summed E-state index contributed by atoms with van der Waals surface area (Å²) < 4.78 is 1.89. The van der Waals surface area contributed by atoms with Crippen LogP contribution in [0.1, 0.15) is 50.3 Å². The topological polar surface area (TPSA) is 58.9 Å². The summed E-state index contributed by atoms with van der Waals surface area (Å²) in [5.41, 5.74) is 1.38. The third-order valence-corrected chi connectivity index (χ3v) is 2.77. The molecule has 0 saturated carbocycles. The molecule has 0 atom stereocenters. The molecule has 0 saturated heterocycles. The molecular weight excluding hydrogens is 240 g/mol. The maximum Gasteiger partial charge on any atom is 0.271 e. The summed E-state index contributed by atoms with van der Waals surface area (Å²) >= 11 is 0. The first kappa shape index (κ1) is 15.7. The highest BCUT2D eigenvalue weighted by Crippen LogP contribution is 2.16. The predicted molar refractivity (Wildman–Crippen MR) is 77.5 cm³/mol. The summed E-state index contributed by atoms with van der Waals surface area (Å²) in [6.07, 6.45) is 1.10. The van der Waals surface area contributed by atoms with Crippen molar-refractivity contribution in [3.8, 4) is 0 Å². The summed E-state index contributed by atoms with van der Waals surface area (Å²) in [5.74, 6) is -0.107. The van der Waals surface area contributed by atoms with Gasteiger partial charge in [0.25, 0.3) is 5.91 Å². The lowest BCUT2D eigenvalue weighted by molar-refractivity contribution is 0.0947. The summed E-state index contributed by atoms with van der Waals surface area (Å²) in [6, 6.07) is 1.83. The summed E-state index contributed by atoms with van der Waals surface area (Å²) in [5, 5.41) is 10.5. The first-order valence-corrected chi connectivity index (χ1v) is 6.92. The average Bonchev–Trinajstić information content (AvgIpc) is 2.70. The molecule has 1 amide bonds. The van der Waals surface area contributed by atoms with Gasteiger partial charge in [-0.25, -0.2) is 0 Å². The monoisotopic (exact) mass is 266 g/mol. The Morgan fingerprint density at radius 1 is 1.32 bits per heavy atom. The molecule has 5 heteroatoms. The Balaban J connectivity index is 2.54. The predicted octanol–water partition coefficient (Wildman–Crippen LogP) is 1.68. The molecule has 108 valence electrons. The second-order valence-corrected chi connectivity index (χ2v) is 5.76. The summed E-state index contributed by atoms with van der Waals surface area (Å²) in [7, 11) is 0. The number of hydrogen-bond acceptors (Lipinski definition) is 3. The number of rotatable bonds is 6. The minimum atomic E-state index is -0.107. The lowest BCUT2D eigenvalue weighted by atomic mass is 10.1. The minimum Gasteiger partial charge on any atom is -0.349 e. The van der Waals surface area contributed by atoms with Gasteiger partial charge in [-0.05, 0) is 46.7 Å². The van der Waals surface area contributed by atoms with Gasteiger partial charge < -0.3 is 10.6 Å². The highest BCUT2D eigenvalue weighted by atomic mass is 16.1. The number of aryl methyl sites for hydroxylation is 1. The highest BCUT2D eigenvalue weighted by Gasteiger charge is 2.19. The van der Waals surface area contributed by atoms with Crippen LogP contribution in [-0.4, -0.2) is 35.3 Å². The van der Waals surface area contributed by atoms with Crippen LogP contribution in [0.15, 0.2) is 6.07 Å². The van der Waals surface area contributed by atoms with Crippen LogP contribution < -0.4 is 10.6 Å². The van der Waals surface area contributed by atoms with E-state index in [1.54, 1.807) is 0 Å². The Labute approximate surface area is 115 Å². The molecule has 2 N–H and O–H groups in total. The molecule has 0 aromatic carbocycles. The lowest BCUT2D eigenvalue weighted by Crippen LogP contribution is -2.32. The van der Waals surface area contributed by atoms with E-state index in [2.05, 4.69) is 43.4 Å². The van der Waals surface area contributed by atoms with Crippen LogP contribution in [-0.2, 0) is 5.54 Å². The fourth-order valence-electron chi connectivity index (χ4n) is 1.92. The summed E-state index contributed by atoms with van der Waals surface area (Å²) in [4.78, 5) is 12.0. The molecule has 1 rings (SSSR count). The van der Waals surface area contributed by atoms with Gasteiger partial charge in [0, 0.05) is 18.8 Å². The molecule has 1 aromatic rings. The Morgan fingerprint density at radius 3 is 2.53 bits per heavy atom. The quantitative estimate of drug-likeness (QED) is 0.770. The van der Waals surface area contributed by atoms with Gasteiger partial charge >= 0.3 is 0 Å². The first-order chi connectivity index (χ1) is 8.86. The molecule has 0 fully saturated rings. The van der Waals surface area contributed by atoms with Gasteiger partial charge in [-0.15, -0.1) is 0 Å². The SMILES string of the molecule is CCCNCCNC(=O)c1cc(C)n(C(C)(C)C)n1. The van der Waals surface area contributed by atoms with Crippen molar-refractivity contribution in [2.75, 3.05) is 19.6 Å². The smallest absolute Gasteiger partial charge is 0.271 e. The Hall–Kier alpha value is -1.36. The molecule has 0 radical (unpaired) electrons. The maximum absolute atomic E-state index is 12.0. The number of nitrogens with one attached hydrogen (secondary N) is 2. The van der Waals surface area contributed by atoms with Crippen molar-refractivity contribution < 1.29 is 4.79 Å². The standard InChI is InChI=1S/C14H26N4O/c1-6-7-15-8-9-16-13(19)12-10-11(2)18(17-12)14(3,4)5/h10,15H,6-9H2,1-5H3,(H,16,19). The second-order valence-electron chi connectivity index (χ2n) is 5.76. The van der Waals surface area contributed by atoms with Crippen molar-refractivity contribution in [2.24, 2.45) is 0 Å². The van der Waals surface area contributed by atoms with Gasteiger partial charge in [-0.2, -0.15) is 5.10 Å². The van der Waals surface area contributed by atoms with Gasteiger partial charge in [0.05, 0.1) is 5.54 Å². The van der Waals surface area contributed by atoms with Gasteiger partial charge in [0.15, 0.2) is 0 Å². The van der Waals surface area contributed by atoms with Crippen molar-refractivity contribution in [3.05, 3.63) is 17.5 Å². The third kappa shape index (κ3) is 4.67. The third-order valence-electron chi connectivity index (χ3n) is 2.77. The van der Waals surface area contributed by atoms with Gasteiger partial charge in [-0.3, -0.25) is 9.48 Å². The van der Waals surface area contributed by atoms with Gasteiger partial charge in [-0.1, -0.05) is 6.92 Å². The highest BCUT2D eigenvalue weighted by molar-refractivity contribution is 5.92. The number of amides is 1. The van der Waals surface area contributed by atoms with E-state index in [0.29, 0.717) is 12.2 Å². The Kier molecular flexibility index (Phi) is 5.54. The van der Waals surface area contributed by atoms with Crippen LogP contribution in [0.3, 0.4) is 0 Å². The van der Waals surface area contributed by atoms with Crippen molar-refractivity contribution in [3.63, 3.8) is 0 Å². The number of hydrogen-bond donors (Lipinski definition) is 2. The molecule has 0 aliphatic carbocycles. The number of nitrogens with zero attached hydrogens (tertiary/aromatic N) is 2. The molecular formula is C14H26N4O. The molecule has 0 spiro atoms. The number of carbonyl (C=O) groups excluding carboxylic acids is 1. The Morgan fingerprint density at radius 2 is 2.00 bits per heavy atom. The zero-order chi connectivity index (χ0) is 14.5. The summed E-state index contributed by atoms with van der Waals surface area (Å²) in [6.45, 7) is 12.7. The minimum absolute atomic E-state index is 0.106. The van der Waals surface area contributed by atoms with E-state index in [-0.39, 0.29) is 11.4 Å². The molecule has 19 heavy (non-hydrogen) atoms. The van der Waals surface area contributed by atoms with E-state index in [0.717, 1.165) is 25.2 Å². The van der Waals surface area contributed by atoms with E-state index in [4.69, 9.17) is 0 Å². The van der Waals surface area contributed by atoms with Crippen LogP contribution in [0, 0.1) is 6.92 Å². The van der Waals surface area contributed by atoms with Crippen LogP contribution >= 0.6 is 0 Å². The Bertz CT molecular complexity index is 418. The average molecular weight is 266 g/mol. The van der Waals surface area contributed by atoms with Gasteiger partial charge in [0.1, 0.15) is 5.69 Å². The largest absolute Gasteiger partial charge is 0.349 e.